The van der Waals surface area contributed by atoms with Crippen LogP contribution in [0.4, 0.5) is 0 Å². The van der Waals surface area contributed by atoms with Crippen molar-refractivity contribution in [1.29, 1.82) is 0 Å². The largest absolute Gasteiger partial charge is 0.459 e. The van der Waals surface area contributed by atoms with Gasteiger partial charge in [0, 0.05) is 32.5 Å². The monoisotopic (exact) mass is 603 g/mol. The fourth-order valence-electron chi connectivity index (χ4n) is 6.09. The highest BCUT2D eigenvalue weighted by Crippen LogP contribution is 2.43. The van der Waals surface area contributed by atoms with Crippen molar-refractivity contribution < 1.29 is 38.4 Å². The zero-order valence-electron chi connectivity index (χ0n) is 26.1. The third-order valence-electron chi connectivity index (χ3n) is 8.74. The van der Waals surface area contributed by atoms with Gasteiger partial charge in [-0.25, -0.2) is 5.43 Å². The van der Waals surface area contributed by atoms with E-state index in [0.29, 0.717) is 26.0 Å². The maximum atomic E-state index is 12.8. The zero-order valence-corrected chi connectivity index (χ0v) is 26.1. The lowest BCUT2D eigenvalue weighted by Crippen LogP contribution is -2.52. The average molecular weight is 604 g/mol. The van der Waals surface area contributed by atoms with Crippen LogP contribution in [0.25, 0.3) is 0 Å². The first-order chi connectivity index (χ1) is 20.5. The van der Waals surface area contributed by atoms with Gasteiger partial charge in [-0.2, -0.15) is 0 Å². The van der Waals surface area contributed by atoms with Crippen molar-refractivity contribution in [3.05, 3.63) is 36.0 Å². The molecule has 43 heavy (non-hydrogen) atoms. The van der Waals surface area contributed by atoms with Gasteiger partial charge in [0.25, 0.3) is 0 Å². The summed E-state index contributed by atoms with van der Waals surface area (Å²) in [5.41, 5.74) is 3.54. The van der Waals surface area contributed by atoms with E-state index in [1.807, 2.05) is 26.0 Å². The van der Waals surface area contributed by atoms with Gasteiger partial charge < -0.3 is 29.4 Å². The van der Waals surface area contributed by atoms with Crippen LogP contribution in [0.2, 0.25) is 0 Å². The van der Waals surface area contributed by atoms with Crippen molar-refractivity contribution in [2.75, 3.05) is 19.7 Å². The van der Waals surface area contributed by atoms with Crippen LogP contribution in [0.3, 0.4) is 0 Å². The summed E-state index contributed by atoms with van der Waals surface area (Å²) in [6, 6.07) is -0.121. The Labute approximate surface area is 255 Å². The lowest BCUT2D eigenvalue weighted by atomic mass is 9.87. The zero-order chi connectivity index (χ0) is 31.1. The number of hydrazine groups is 1. The SMILES string of the molecule is CC(=O)O[C@@H](C)/C=C\C(=O)N[C@@H]1C[C@H](C)[C@H](C/C=C(C)/C=C/[C@H]2O[C@H](CC(=O)N3CCCCN3)CC3(CO3)[C@@H]2O)O[C@@H]1C. The summed E-state index contributed by atoms with van der Waals surface area (Å²) in [7, 11) is 0. The number of rotatable bonds is 10. The molecule has 0 radical (unpaired) electrons. The molecule has 2 amide bonds. The number of allylic oxidation sites excluding steroid dienone is 2. The van der Waals surface area contributed by atoms with Crippen LogP contribution in [0, 0.1) is 5.92 Å². The molecule has 1 unspecified atom stereocenters. The Morgan fingerprint density at radius 3 is 2.63 bits per heavy atom. The Balaban J connectivity index is 1.26. The van der Waals surface area contributed by atoms with Crippen molar-refractivity contribution in [1.82, 2.24) is 15.8 Å². The minimum absolute atomic E-state index is 0.00415. The lowest BCUT2D eigenvalue weighted by molar-refractivity contribution is -0.154. The van der Waals surface area contributed by atoms with Gasteiger partial charge in [0.2, 0.25) is 11.8 Å². The number of carbonyl (C=O) groups is 3. The number of hydrogen-bond acceptors (Lipinski definition) is 9. The van der Waals surface area contributed by atoms with E-state index in [-0.39, 0.29) is 48.5 Å². The maximum Gasteiger partial charge on any atom is 0.303 e. The van der Waals surface area contributed by atoms with E-state index >= 15 is 0 Å². The molecule has 240 valence electrons. The standard InChI is InChI=1S/C32H49N3O8/c1-20(8-11-27-21(2)16-26(23(4)42-27)34-29(37)13-10-22(3)41-24(5)36)9-12-28-31(39)32(19-40-32)18-25(43-28)17-30(38)35-15-7-6-14-33-35/h8-10,12-13,21-23,25-28,31,33,39H,6-7,11,14-19H2,1-5H3,(H,34,37)/b12-9+,13-10-,20-8+/t21-,22-,23+,25+,26+,27-,28+,31+,32?/m0/s1. The van der Waals surface area contributed by atoms with Gasteiger partial charge in [0.1, 0.15) is 23.9 Å². The van der Waals surface area contributed by atoms with Gasteiger partial charge in [-0.3, -0.25) is 19.4 Å². The molecule has 9 atom stereocenters. The summed E-state index contributed by atoms with van der Waals surface area (Å²) in [5.74, 6) is -0.401. The molecule has 3 N–H and O–H groups in total. The summed E-state index contributed by atoms with van der Waals surface area (Å²) >= 11 is 0. The van der Waals surface area contributed by atoms with E-state index in [2.05, 4.69) is 23.7 Å². The quantitative estimate of drug-likeness (QED) is 0.149. The number of nitrogens with one attached hydrogen (secondary N) is 2. The number of amides is 2. The van der Waals surface area contributed by atoms with Crippen LogP contribution in [0.5, 0.6) is 0 Å². The van der Waals surface area contributed by atoms with E-state index in [1.54, 1.807) is 18.0 Å². The highest BCUT2D eigenvalue weighted by Gasteiger charge is 2.58. The van der Waals surface area contributed by atoms with Gasteiger partial charge in [-0.1, -0.05) is 30.7 Å². The molecule has 11 nitrogen and oxygen atoms in total. The average Bonchev–Trinajstić information content (AvgIpc) is 3.74. The molecule has 4 aliphatic heterocycles. The molecule has 0 aliphatic carbocycles. The Hall–Kier alpha value is -2.57. The molecule has 0 aromatic heterocycles. The van der Waals surface area contributed by atoms with Gasteiger partial charge in [0.15, 0.2) is 0 Å². The molecular formula is C32H49N3O8. The van der Waals surface area contributed by atoms with Crippen LogP contribution in [0.1, 0.15) is 73.1 Å². The number of epoxide rings is 1. The molecule has 11 heteroatoms. The van der Waals surface area contributed by atoms with E-state index < -0.39 is 29.9 Å². The van der Waals surface area contributed by atoms with Crippen molar-refractivity contribution >= 4 is 17.8 Å². The molecule has 4 heterocycles. The summed E-state index contributed by atoms with van der Waals surface area (Å²) in [5, 5.41) is 15.6. The van der Waals surface area contributed by atoms with Crippen LogP contribution in [-0.4, -0.2) is 95.9 Å². The van der Waals surface area contributed by atoms with Gasteiger partial charge >= 0.3 is 5.97 Å². The highest BCUT2D eigenvalue weighted by molar-refractivity contribution is 5.87. The number of aliphatic hydroxyl groups is 1. The minimum Gasteiger partial charge on any atom is -0.459 e. The summed E-state index contributed by atoms with van der Waals surface area (Å²) in [6.45, 7) is 11.1. The summed E-state index contributed by atoms with van der Waals surface area (Å²) in [4.78, 5) is 36.2. The number of carbonyl (C=O) groups excluding carboxylic acids is 3. The molecule has 4 aliphatic rings. The predicted octanol–water partition coefficient (Wildman–Crippen LogP) is 2.49. The first-order valence-electron chi connectivity index (χ1n) is 15.6. The first-order valence-corrected chi connectivity index (χ1v) is 15.6. The Morgan fingerprint density at radius 1 is 1.19 bits per heavy atom. The van der Waals surface area contributed by atoms with Crippen LogP contribution in [0.15, 0.2) is 36.0 Å². The van der Waals surface area contributed by atoms with E-state index in [9.17, 15) is 19.5 Å². The molecule has 4 saturated heterocycles. The number of esters is 1. The fraction of sp³-hybridized carbons (Fsp3) is 0.719. The lowest BCUT2D eigenvalue weighted by Gasteiger charge is -2.39. The van der Waals surface area contributed by atoms with Crippen molar-refractivity contribution in [3.8, 4) is 0 Å². The Bertz CT molecular complexity index is 1080. The maximum absolute atomic E-state index is 12.8. The van der Waals surface area contributed by atoms with E-state index in [0.717, 1.165) is 31.4 Å². The fourth-order valence-corrected chi connectivity index (χ4v) is 6.09. The van der Waals surface area contributed by atoms with E-state index in [4.69, 9.17) is 18.9 Å². The Morgan fingerprint density at radius 2 is 1.95 bits per heavy atom. The van der Waals surface area contributed by atoms with E-state index in [1.165, 1.54) is 13.0 Å². The topological polar surface area (TPSA) is 139 Å². The molecular weight excluding hydrogens is 554 g/mol. The van der Waals surface area contributed by atoms with Crippen LogP contribution >= 0.6 is 0 Å². The Kier molecular flexibility index (Phi) is 11.6. The second kappa shape index (κ2) is 14.9. The van der Waals surface area contributed by atoms with Crippen LogP contribution < -0.4 is 10.7 Å². The molecule has 0 aromatic carbocycles. The van der Waals surface area contributed by atoms with Gasteiger partial charge in [0.05, 0.1) is 37.4 Å². The van der Waals surface area contributed by atoms with Crippen molar-refractivity contribution in [2.45, 2.75) is 121 Å². The summed E-state index contributed by atoms with van der Waals surface area (Å²) < 4.78 is 23.2. The minimum atomic E-state index is -0.787. The van der Waals surface area contributed by atoms with Crippen molar-refractivity contribution in [2.24, 2.45) is 5.92 Å². The number of ether oxygens (including phenoxy) is 4. The second-order valence-electron chi connectivity index (χ2n) is 12.5. The van der Waals surface area contributed by atoms with Gasteiger partial charge in [-0.05, 0) is 58.4 Å². The number of aliphatic hydroxyl groups excluding tert-OH is 1. The van der Waals surface area contributed by atoms with Gasteiger partial charge in [-0.15, -0.1) is 0 Å². The number of hydrogen-bond donors (Lipinski definition) is 3. The molecule has 0 bridgehead atoms. The molecule has 4 rings (SSSR count). The summed E-state index contributed by atoms with van der Waals surface area (Å²) in [6.07, 6.45) is 10.9. The third-order valence-corrected chi connectivity index (χ3v) is 8.74. The second-order valence-corrected chi connectivity index (χ2v) is 12.5. The third kappa shape index (κ3) is 9.46. The predicted molar refractivity (Wildman–Crippen MR) is 159 cm³/mol. The first kappa shape index (κ1) is 33.3. The van der Waals surface area contributed by atoms with Crippen molar-refractivity contribution in [3.63, 3.8) is 0 Å². The smallest absolute Gasteiger partial charge is 0.303 e. The number of nitrogens with zero attached hydrogens (tertiary/aromatic N) is 1. The molecule has 0 aromatic rings. The van der Waals surface area contributed by atoms with Crippen LogP contribution in [-0.2, 0) is 33.3 Å². The normalized spacial score (nSPS) is 35.7. The molecule has 4 fully saturated rings. The molecule has 1 spiro atoms. The molecule has 0 saturated carbocycles. The highest BCUT2D eigenvalue weighted by atomic mass is 16.6.